The first kappa shape index (κ1) is 20.5. The molecule has 1 aliphatic rings. The Morgan fingerprint density at radius 1 is 1.03 bits per heavy atom. The van der Waals surface area contributed by atoms with Crippen LogP contribution in [-0.4, -0.2) is 26.8 Å². The fourth-order valence-corrected chi connectivity index (χ4v) is 3.82. The predicted octanol–water partition coefficient (Wildman–Crippen LogP) is 2.28. The van der Waals surface area contributed by atoms with Crippen molar-refractivity contribution >= 4 is 22.6 Å². The van der Waals surface area contributed by atoms with Crippen LogP contribution in [0.4, 0.5) is 5.69 Å². The summed E-state index contributed by atoms with van der Waals surface area (Å²) in [5.41, 5.74) is 1.60. The number of aromatic nitrogens is 3. The highest BCUT2D eigenvalue weighted by Crippen LogP contribution is 2.32. The number of nitrogens with zero attached hydrogens (tertiary/aromatic N) is 3. The number of rotatable bonds is 5. The lowest BCUT2D eigenvalue weighted by Gasteiger charge is -2.14. The maximum Gasteiger partial charge on any atom is 0.332 e. The second kappa shape index (κ2) is 8.27. The summed E-state index contributed by atoms with van der Waals surface area (Å²) in [4.78, 5) is 43.4. The Kier molecular flexibility index (Phi) is 5.14. The van der Waals surface area contributed by atoms with E-state index in [1.165, 1.54) is 10.8 Å². The highest BCUT2D eigenvalue weighted by molar-refractivity contribution is 5.91. The molecule has 0 saturated heterocycles. The molecule has 3 heterocycles. The number of carbonyl (C=O) groups is 1. The monoisotopic (exact) mass is 444 g/mol. The Morgan fingerprint density at radius 2 is 1.88 bits per heavy atom. The number of carbonyl (C=O) groups excluding carboxylic acids is 1. The summed E-state index contributed by atoms with van der Waals surface area (Å²) in [6, 6.07) is 15.8. The Labute approximate surface area is 187 Å². The second-order valence-electron chi connectivity index (χ2n) is 7.74. The van der Waals surface area contributed by atoms with E-state index in [0.717, 1.165) is 10.1 Å². The van der Waals surface area contributed by atoms with Crippen molar-refractivity contribution < 1.29 is 14.3 Å². The van der Waals surface area contributed by atoms with E-state index in [2.05, 4.69) is 10.3 Å². The van der Waals surface area contributed by atoms with Gasteiger partial charge in [0, 0.05) is 11.9 Å². The lowest BCUT2D eigenvalue weighted by atomic mass is 10.2. The van der Waals surface area contributed by atoms with Crippen LogP contribution < -0.4 is 26.0 Å². The summed E-state index contributed by atoms with van der Waals surface area (Å²) >= 11 is 0. The Hall–Kier alpha value is -4.40. The summed E-state index contributed by atoms with van der Waals surface area (Å²) in [5.74, 6) is 0.773. The molecule has 166 valence electrons. The molecule has 1 amide bonds. The zero-order chi connectivity index (χ0) is 22.9. The van der Waals surface area contributed by atoms with E-state index in [4.69, 9.17) is 9.47 Å². The third-order valence-corrected chi connectivity index (χ3v) is 5.37. The first-order valence-corrected chi connectivity index (χ1v) is 10.3. The van der Waals surface area contributed by atoms with Crippen LogP contribution in [0.5, 0.6) is 11.5 Å². The molecule has 0 unspecified atom stereocenters. The van der Waals surface area contributed by atoms with Gasteiger partial charge in [-0.25, -0.2) is 9.78 Å². The lowest BCUT2D eigenvalue weighted by molar-refractivity contribution is -0.116. The Balaban J connectivity index is 1.53. The number of ether oxygens (including phenoxy) is 2. The summed E-state index contributed by atoms with van der Waals surface area (Å²) < 4.78 is 13.0. The van der Waals surface area contributed by atoms with Crippen LogP contribution in [0.25, 0.3) is 11.0 Å². The van der Waals surface area contributed by atoms with Gasteiger partial charge in [0.15, 0.2) is 17.0 Å². The van der Waals surface area contributed by atoms with Crippen molar-refractivity contribution in [2.75, 3.05) is 12.1 Å². The van der Waals surface area contributed by atoms with Crippen molar-refractivity contribution in [2.45, 2.75) is 20.0 Å². The van der Waals surface area contributed by atoms with Gasteiger partial charge in [0.2, 0.25) is 12.7 Å². The van der Waals surface area contributed by atoms with Gasteiger partial charge in [-0.05, 0) is 54.4 Å². The first-order valence-electron chi connectivity index (χ1n) is 10.3. The largest absolute Gasteiger partial charge is 0.454 e. The van der Waals surface area contributed by atoms with Gasteiger partial charge in [0.25, 0.3) is 5.56 Å². The smallest absolute Gasteiger partial charge is 0.332 e. The standard InChI is InChI=1S/C24H20N4O5/c1-15-4-2-5-17(10-15)26-21(29)13-27-18-6-3-9-25-22(18)23(30)28(24(27)31)12-16-7-8-19-20(11-16)33-14-32-19/h2-11H,12-14H2,1H3,(H,26,29). The third kappa shape index (κ3) is 3.96. The van der Waals surface area contributed by atoms with Crippen molar-refractivity contribution in [2.24, 2.45) is 0 Å². The van der Waals surface area contributed by atoms with Crippen LogP contribution in [0.2, 0.25) is 0 Å². The molecule has 9 heteroatoms. The molecule has 2 aromatic heterocycles. The molecule has 0 spiro atoms. The maximum absolute atomic E-state index is 13.3. The zero-order valence-electron chi connectivity index (χ0n) is 17.8. The molecule has 2 aromatic carbocycles. The van der Waals surface area contributed by atoms with Gasteiger partial charge in [-0.2, -0.15) is 0 Å². The quantitative estimate of drug-likeness (QED) is 0.507. The SMILES string of the molecule is Cc1cccc(NC(=O)Cn2c(=O)n(Cc3ccc4c(c3)OCO4)c(=O)c3ncccc32)c1. The molecule has 0 radical (unpaired) electrons. The summed E-state index contributed by atoms with van der Waals surface area (Å²) in [5, 5.41) is 2.80. The van der Waals surface area contributed by atoms with E-state index in [1.807, 2.05) is 25.1 Å². The van der Waals surface area contributed by atoms with Crippen LogP contribution in [-0.2, 0) is 17.9 Å². The number of aryl methyl sites for hydroxylation is 1. The topological polar surface area (TPSA) is 104 Å². The minimum atomic E-state index is -0.599. The molecule has 0 fully saturated rings. The molecule has 9 nitrogen and oxygen atoms in total. The van der Waals surface area contributed by atoms with Crippen molar-refractivity contribution in [1.29, 1.82) is 0 Å². The molecule has 0 bridgehead atoms. The molecular formula is C24H20N4O5. The van der Waals surface area contributed by atoms with Crippen molar-refractivity contribution in [3.63, 3.8) is 0 Å². The number of anilines is 1. The average molecular weight is 444 g/mol. The highest BCUT2D eigenvalue weighted by Gasteiger charge is 2.18. The Morgan fingerprint density at radius 3 is 2.73 bits per heavy atom. The van der Waals surface area contributed by atoms with E-state index in [9.17, 15) is 14.4 Å². The van der Waals surface area contributed by atoms with Crippen molar-refractivity contribution in [3.05, 3.63) is 92.8 Å². The second-order valence-corrected chi connectivity index (χ2v) is 7.74. The Bertz CT molecular complexity index is 1510. The maximum atomic E-state index is 13.3. The number of benzene rings is 2. The number of hydrogen-bond donors (Lipinski definition) is 1. The molecule has 0 saturated carbocycles. The zero-order valence-corrected chi connectivity index (χ0v) is 17.8. The molecule has 5 rings (SSSR count). The molecule has 1 aliphatic heterocycles. The normalized spacial score (nSPS) is 12.2. The number of nitrogens with one attached hydrogen (secondary N) is 1. The van der Waals surface area contributed by atoms with Gasteiger partial charge in [0.05, 0.1) is 12.1 Å². The van der Waals surface area contributed by atoms with Crippen LogP contribution >= 0.6 is 0 Å². The number of amides is 1. The molecule has 33 heavy (non-hydrogen) atoms. The van der Waals surface area contributed by atoms with Gasteiger partial charge in [0.1, 0.15) is 6.54 Å². The molecule has 0 aliphatic carbocycles. The summed E-state index contributed by atoms with van der Waals surface area (Å²) in [6.45, 7) is 1.78. The van der Waals surface area contributed by atoms with Crippen LogP contribution in [0.3, 0.4) is 0 Å². The van der Waals surface area contributed by atoms with Gasteiger partial charge < -0.3 is 14.8 Å². The molecular weight excluding hydrogens is 424 g/mol. The number of fused-ring (bicyclic) bond motifs is 2. The minimum absolute atomic E-state index is 0.000317. The minimum Gasteiger partial charge on any atom is -0.454 e. The highest BCUT2D eigenvalue weighted by atomic mass is 16.7. The summed E-state index contributed by atoms with van der Waals surface area (Å²) in [7, 11) is 0. The number of pyridine rings is 1. The van der Waals surface area contributed by atoms with Crippen LogP contribution in [0, 0.1) is 6.92 Å². The first-order chi connectivity index (χ1) is 16.0. The van der Waals surface area contributed by atoms with Crippen molar-refractivity contribution in [3.8, 4) is 11.5 Å². The summed E-state index contributed by atoms with van der Waals surface area (Å²) in [6.07, 6.45) is 1.48. The fraction of sp³-hybridized carbons (Fsp3) is 0.167. The lowest BCUT2D eigenvalue weighted by Crippen LogP contribution is -2.42. The molecule has 0 atom stereocenters. The van der Waals surface area contributed by atoms with Crippen LogP contribution in [0.15, 0.2) is 70.4 Å². The van der Waals surface area contributed by atoms with E-state index in [0.29, 0.717) is 28.3 Å². The van der Waals surface area contributed by atoms with Gasteiger partial charge in [-0.3, -0.25) is 18.7 Å². The van der Waals surface area contributed by atoms with E-state index in [1.54, 1.807) is 36.4 Å². The van der Waals surface area contributed by atoms with E-state index >= 15 is 0 Å². The van der Waals surface area contributed by atoms with Gasteiger partial charge >= 0.3 is 5.69 Å². The number of hydrogen-bond acceptors (Lipinski definition) is 6. The van der Waals surface area contributed by atoms with E-state index < -0.39 is 11.2 Å². The predicted molar refractivity (Wildman–Crippen MR) is 122 cm³/mol. The average Bonchev–Trinajstić information content (AvgIpc) is 3.27. The van der Waals surface area contributed by atoms with E-state index in [-0.39, 0.29) is 31.3 Å². The molecule has 4 aromatic rings. The van der Waals surface area contributed by atoms with Gasteiger partial charge in [-0.1, -0.05) is 18.2 Å². The van der Waals surface area contributed by atoms with Gasteiger partial charge in [-0.15, -0.1) is 0 Å². The van der Waals surface area contributed by atoms with Crippen LogP contribution in [0.1, 0.15) is 11.1 Å². The fourth-order valence-electron chi connectivity index (χ4n) is 3.82. The van der Waals surface area contributed by atoms with Crippen molar-refractivity contribution in [1.82, 2.24) is 14.1 Å². The molecule has 1 N–H and O–H groups in total. The third-order valence-electron chi connectivity index (χ3n) is 5.37.